The van der Waals surface area contributed by atoms with Gasteiger partial charge in [0, 0.05) is 12.6 Å². The highest BCUT2D eigenvalue weighted by molar-refractivity contribution is 5.19. The van der Waals surface area contributed by atoms with Crippen molar-refractivity contribution in [1.82, 2.24) is 5.32 Å². The lowest BCUT2D eigenvalue weighted by molar-refractivity contribution is 0.0446. The third-order valence-electron chi connectivity index (χ3n) is 3.89. The maximum absolute atomic E-state index is 12.9. The second-order valence-electron chi connectivity index (χ2n) is 5.32. The molecule has 1 aromatic carbocycles. The zero-order chi connectivity index (χ0) is 13.0. The number of rotatable bonds is 5. The molecule has 0 saturated heterocycles. The van der Waals surface area contributed by atoms with E-state index in [4.69, 9.17) is 0 Å². The van der Waals surface area contributed by atoms with Crippen molar-refractivity contribution in [3.63, 3.8) is 0 Å². The molecular weight excluding hydrogens is 229 g/mol. The molecule has 1 saturated carbocycles. The summed E-state index contributed by atoms with van der Waals surface area (Å²) in [7, 11) is 0. The molecule has 0 aliphatic heterocycles. The Kier molecular flexibility index (Phi) is 4.36. The van der Waals surface area contributed by atoms with Gasteiger partial charge in [0.2, 0.25) is 0 Å². The number of hydrogen-bond donors (Lipinski definition) is 2. The van der Waals surface area contributed by atoms with Crippen LogP contribution in [0, 0.1) is 5.82 Å². The van der Waals surface area contributed by atoms with E-state index in [0.717, 1.165) is 37.7 Å². The molecule has 2 nitrogen and oxygen atoms in total. The maximum atomic E-state index is 12.9. The van der Waals surface area contributed by atoms with Crippen molar-refractivity contribution in [3.05, 3.63) is 35.6 Å². The lowest BCUT2D eigenvalue weighted by Gasteiger charge is -2.26. The molecule has 1 atom stereocenters. The third kappa shape index (κ3) is 3.30. The zero-order valence-corrected chi connectivity index (χ0v) is 11.0. The van der Waals surface area contributed by atoms with Gasteiger partial charge in [0.05, 0.1) is 5.60 Å². The molecule has 1 aromatic rings. The quantitative estimate of drug-likeness (QED) is 0.842. The first-order chi connectivity index (χ1) is 8.63. The van der Waals surface area contributed by atoms with Crippen LogP contribution < -0.4 is 5.32 Å². The fourth-order valence-electron chi connectivity index (χ4n) is 2.72. The molecule has 0 bridgehead atoms. The van der Waals surface area contributed by atoms with Gasteiger partial charge < -0.3 is 10.4 Å². The second-order valence-corrected chi connectivity index (χ2v) is 5.32. The number of benzene rings is 1. The highest BCUT2D eigenvalue weighted by atomic mass is 19.1. The molecule has 2 rings (SSSR count). The topological polar surface area (TPSA) is 32.3 Å². The molecule has 0 aromatic heterocycles. The van der Waals surface area contributed by atoms with Crippen molar-refractivity contribution in [2.24, 2.45) is 0 Å². The van der Waals surface area contributed by atoms with Crippen molar-refractivity contribution in [3.8, 4) is 0 Å². The van der Waals surface area contributed by atoms with Gasteiger partial charge in [-0.15, -0.1) is 0 Å². The highest BCUT2D eigenvalue weighted by Gasteiger charge is 2.31. The second kappa shape index (κ2) is 5.81. The van der Waals surface area contributed by atoms with Crippen molar-refractivity contribution in [1.29, 1.82) is 0 Å². The molecule has 3 heteroatoms. The largest absolute Gasteiger partial charge is 0.389 e. The van der Waals surface area contributed by atoms with Gasteiger partial charge in [0.15, 0.2) is 0 Å². The lowest BCUT2D eigenvalue weighted by Crippen LogP contribution is -2.39. The maximum Gasteiger partial charge on any atom is 0.123 e. The van der Waals surface area contributed by atoms with Crippen LogP contribution in [-0.4, -0.2) is 17.3 Å². The van der Waals surface area contributed by atoms with E-state index in [1.165, 1.54) is 12.1 Å². The SMILES string of the molecule is CCC(NCC1(O)CCCC1)c1ccc(F)cc1. The lowest BCUT2D eigenvalue weighted by atomic mass is 9.99. The van der Waals surface area contributed by atoms with Gasteiger partial charge in [-0.3, -0.25) is 0 Å². The summed E-state index contributed by atoms with van der Waals surface area (Å²) in [4.78, 5) is 0. The standard InChI is InChI=1S/C15H22FNO/c1-2-14(12-5-7-13(16)8-6-12)17-11-15(18)9-3-4-10-15/h5-8,14,17-18H,2-4,9-11H2,1H3. The molecule has 0 amide bonds. The minimum absolute atomic E-state index is 0.190. The summed E-state index contributed by atoms with van der Waals surface area (Å²) in [5, 5.41) is 13.7. The van der Waals surface area contributed by atoms with Crippen molar-refractivity contribution < 1.29 is 9.50 Å². The minimum atomic E-state index is -0.534. The van der Waals surface area contributed by atoms with Gasteiger partial charge in [-0.25, -0.2) is 4.39 Å². The van der Waals surface area contributed by atoms with Crippen LogP contribution in [0.1, 0.15) is 50.6 Å². The van der Waals surface area contributed by atoms with Crippen LogP contribution >= 0.6 is 0 Å². The number of nitrogens with one attached hydrogen (secondary N) is 1. The van der Waals surface area contributed by atoms with E-state index in [1.54, 1.807) is 0 Å². The van der Waals surface area contributed by atoms with Gasteiger partial charge in [-0.1, -0.05) is 31.9 Å². The summed E-state index contributed by atoms with van der Waals surface area (Å²) >= 11 is 0. The van der Waals surface area contributed by atoms with Gasteiger partial charge in [-0.2, -0.15) is 0 Å². The van der Waals surface area contributed by atoms with E-state index in [-0.39, 0.29) is 11.9 Å². The summed E-state index contributed by atoms with van der Waals surface area (Å²) in [5.74, 6) is -0.206. The fraction of sp³-hybridized carbons (Fsp3) is 0.600. The van der Waals surface area contributed by atoms with Crippen LogP contribution in [0.5, 0.6) is 0 Å². The fourth-order valence-corrected chi connectivity index (χ4v) is 2.72. The summed E-state index contributed by atoms with van der Waals surface area (Å²) in [5.41, 5.74) is 0.550. The molecule has 1 fully saturated rings. The first kappa shape index (κ1) is 13.5. The Morgan fingerprint density at radius 2 is 1.89 bits per heavy atom. The van der Waals surface area contributed by atoms with Crippen molar-refractivity contribution in [2.45, 2.75) is 50.7 Å². The van der Waals surface area contributed by atoms with Gasteiger partial charge in [0.1, 0.15) is 5.82 Å². The van der Waals surface area contributed by atoms with E-state index in [9.17, 15) is 9.50 Å². The molecule has 100 valence electrons. The Balaban J connectivity index is 1.95. The van der Waals surface area contributed by atoms with Crippen LogP contribution in [-0.2, 0) is 0 Å². The Hall–Kier alpha value is -0.930. The Morgan fingerprint density at radius 1 is 1.28 bits per heavy atom. The molecular formula is C15H22FNO. The van der Waals surface area contributed by atoms with Crippen molar-refractivity contribution in [2.75, 3.05) is 6.54 Å². The van der Waals surface area contributed by atoms with Crippen LogP contribution in [0.4, 0.5) is 4.39 Å². The van der Waals surface area contributed by atoms with Crippen LogP contribution in [0.3, 0.4) is 0 Å². The number of hydrogen-bond acceptors (Lipinski definition) is 2. The Morgan fingerprint density at radius 3 is 2.44 bits per heavy atom. The summed E-state index contributed by atoms with van der Waals surface area (Å²) < 4.78 is 12.9. The summed E-state index contributed by atoms with van der Waals surface area (Å²) in [6, 6.07) is 6.80. The van der Waals surface area contributed by atoms with Gasteiger partial charge in [-0.05, 0) is 37.0 Å². The molecule has 0 radical (unpaired) electrons. The van der Waals surface area contributed by atoms with Gasteiger partial charge in [0.25, 0.3) is 0 Å². The predicted molar refractivity (Wildman–Crippen MR) is 70.9 cm³/mol. The molecule has 18 heavy (non-hydrogen) atoms. The average Bonchev–Trinajstić information content (AvgIpc) is 2.79. The Labute approximate surface area is 108 Å². The molecule has 1 aliphatic carbocycles. The smallest absolute Gasteiger partial charge is 0.123 e. The van der Waals surface area contributed by atoms with E-state index < -0.39 is 5.60 Å². The van der Waals surface area contributed by atoms with E-state index >= 15 is 0 Å². The monoisotopic (exact) mass is 251 g/mol. The molecule has 1 unspecified atom stereocenters. The molecule has 0 heterocycles. The average molecular weight is 251 g/mol. The van der Waals surface area contributed by atoms with E-state index in [0.29, 0.717) is 6.54 Å². The number of aliphatic hydroxyl groups is 1. The predicted octanol–water partition coefficient (Wildman–Crippen LogP) is 3.17. The Bertz CT molecular complexity index is 371. The first-order valence-electron chi connectivity index (χ1n) is 6.84. The summed E-state index contributed by atoms with van der Waals surface area (Å²) in [6.45, 7) is 2.72. The summed E-state index contributed by atoms with van der Waals surface area (Å²) in [6.07, 6.45) is 4.94. The zero-order valence-electron chi connectivity index (χ0n) is 11.0. The van der Waals surface area contributed by atoms with Crippen LogP contribution in [0.25, 0.3) is 0 Å². The van der Waals surface area contributed by atoms with Gasteiger partial charge >= 0.3 is 0 Å². The van der Waals surface area contributed by atoms with Crippen molar-refractivity contribution >= 4 is 0 Å². The van der Waals surface area contributed by atoms with Crippen LogP contribution in [0.15, 0.2) is 24.3 Å². The first-order valence-corrected chi connectivity index (χ1v) is 6.84. The molecule has 0 spiro atoms. The van der Waals surface area contributed by atoms with E-state index in [1.807, 2.05) is 12.1 Å². The molecule has 1 aliphatic rings. The third-order valence-corrected chi connectivity index (χ3v) is 3.89. The molecule has 2 N–H and O–H groups in total. The normalized spacial score (nSPS) is 19.9. The highest BCUT2D eigenvalue weighted by Crippen LogP contribution is 2.29. The minimum Gasteiger partial charge on any atom is -0.389 e. The van der Waals surface area contributed by atoms with Crippen LogP contribution in [0.2, 0.25) is 0 Å². The van der Waals surface area contributed by atoms with E-state index in [2.05, 4.69) is 12.2 Å². The number of halogens is 1.